The number of hydrogen-bond donors (Lipinski definition) is 2. The molecular formula is C14H24N4O2. The number of carbonyl (C=O) groups is 1. The van der Waals surface area contributed by atoms with Gasteiger partial charge in [-0.05, 0) is 33.8 Å². The summed E-state index contributed by atoms with van der Waals surface area (Å²) in [5.41, 5.74) is 6.18. The van der Waals surface area contributed by atoms with Gasteiger partial charge in [0.05, 0.1) is 0 Å². The second kappa shape index (κ2) is 8.24. The molecule has 0 radical (unpaired) electrons. The van der Waals surface area contributed by atoms with E-state index in [1.54, 1.807) is 47.0 Å². The van der Waals surface area contributed by atoms with Gasteiger partial charge in [-0.3, -0.25) is 15.2 Å². The number of aliphatic imine (C=N–C) groups is 2. The SMILES string of the molecule is CN=CC/C(=C/C(C)=NCC(=O)OC(C)(C)C)C(=N)N. The monoisotopic (exact) mass is 280 g/mol. The smallest absolute Gasteiger partial charge is 0.328 e. The fourth-order valence-electron chi connectivity index (χ4n) is 1.30. The fraction of sp³-hybridized carbons (Fsp3) is 0.571. The van der Waals surface area contributed by atoms with Crippen molar-refractivity contribution in [3.05, 3.63) is 11.6 Å². The van der Waals surface area contributed by atoms with Crippen molar-refractivity contribution in [3.63, 3.8) is 0 Å². The first kappa shape index (κ1) is 18.0. The zero-order valence-corrected chi connectivity index (χ0v) is 12.9. The van der Waals surface area contributed by atoms with Crippen LogP contribution in [0.3, 0.4) is 0 Å². The Morgan fingerprint density at radius 3 is 2.45 bits per heavy atom. The number of carbonyl (C=O) groups excluding carboxylic acids is 1. The molecule has 0 rings (SSSR count). The molecule has 6 heteroatoms. The standard InChI is InChI=1S/C14H24N4O2/c1-10(8-11(13(15)16)6-7-17-5)18-9-12(19)20-14(2,3)4/h7-8H,6,9H2,1-5H3,(H3,15,16)/b11-8-,17-7?,18-10?. The number of rotatable bonds is 6. The van der Waals surface area contributed by atoms with Crippen molar-refractivity contribution in [1.29, 1.82) is 5.41 Å². The lowest BCUT2D eigenvalue weighted by atomic mass is 10.1. The van der Waals surface area contributed by atoms with E-state index in [0.717, 1.165) is 0 Å². The van der Waals surface area contributed by atoms with E-state index in [9.17, 15) is 4.79 Å². The second-order valence-corrected chi connectivity index (χ2v) is 5.27. The van der Waals surface area contributed by atoms with Crippen molar-refractivity contribution in [2.24, 2.45) is 15.7 Å². The number of allylic oxidation sites excluding steroid dienone is 1. The summed E-state index contributed by atoms with van der Waals surface area (Å²) < 4.78 is 5.15. The van der Waals surface area contributed by atoms with E-state index in [2.05, 4.69) is 9.98 Å². The zero-order valence-electron chi connectivity index (χ0n) is 12.9. The van der Waals surface area contributed by atoms with Gasteiger partial charge in [-0.1, -0.05) is 0 Å². The Hall–Kier alpha value is -1.98. The third-order valence-corrected chi connectivity index (χ3v) is 2.10. The Balaban J connectivity index is 4.70. The van der Waals surface area contributed by atoms with Crippen molar-refractivity contribution in [1.82, 2.24) is 0 Å². The van der Waals surface area contributed by atoms with E-state index in [4.69, 9.17) is 15.9 Å². The molecule has 0 saturated carbocycles. The molecule has 0 amide bonds. The van der Waals surface area contributed by atoms with Crippen LogP contribution in [-0.2, 0) is 9.53 Å². The molecule has 0 aromatic rings. The molecule has 0 aromatic carbocycles. The van der Waals surface area contributed by atoms with Crippen LogP contribution in [-0.4, -0.2) is 42.9 Å². The van der Waals surface area contributed by atoms with Crippen LogP contribution in [0.2, 0.25) is 0 Å². The maximum atomic E-state index is 11.5. The molecular weight excluding hydrogens is 256 g/mol. The molecule has 3 N–H and O–H groups in total. The van der Waals surface area contributed by atoms with E-state index < -0.39 is 5.60 Å². The van der Waals surface area contributed by atoms with Crippen LogP contribution in [0.15, 0.2) is 21.6 Å². The first-order valence-electron chi connectivity index (χ1n) is 6.34. The highest BCUT2D eigenvalue weighted by Crippen LogP contribution is 2.07. The molecule has 0 aromatic heterocycles. The molecule has 0 fully saturated rings. The molecule has 0 heterocycles. The van der Waals surface area contributed by atoms with Gasteiger partial charge in [-0.15, -0.1) is 0 Å². The number of ether oxygens (including phenoxy) is 1. The van der Waals surface area contributed by atoms with E-state index >= 15 is 0 Å². The Morgan fingerprint density at radius 1 is 1.40 bits per heavy atom. The summed E-state index contributed by atoms with van der Waals surface area (Å²) in [6.07, 6.45) is 3.80. The first-order valence-corrected chi connectivity index (χ1v) is 6.34. The van der Waals surface area contributed by atoms with Crippen molar-refractivity contribution in [2.45, 2.75) is 39.7 Å². The zero-order chi connectivity index (χ0) is 15.8. The molecule has 0 saturated heterocycles. The molecule has 0 spiro atoms. The number of hydrogen-bond acceptors (Lipinski definition) is 5. The van der Waals surface area contributed by atoms with Crippen LogP contribution in [0, 0.1) is 5.41 Å². The second-order valence-electron chi connectivity index (χ2n) is 5.27. The van der Waals surface area contributed by atoms with Gasteiger partial charge in [0.2, 0.25) is 0 Å². The van der Waals surface area contributed by atoms with Crippen molar-refractivity contribution < 1.29 is 9.53 Å². The summed E-state index contributed by atoms with van der Waals surface area (Å²) in [5.74, 6) is -0.415. The van der Waals surface area contributed by atoms with Gasteiger partial charge < -0.3 is 15.5 Å². The van der Waals surface area contributed by atoms with Crippen LogP contribution in [0.1, 0.15) is 34.1 Å². The van der Waals surface area contributed by atoms with Crippen LogP contribution in [0.4, 0.5) is 0 Å². The molecule has 112 valence electrons. The van der Waals surface area contributed by atoms with Gasteiger partial charge in [0.1, 0.15) is 18.0 Å². The Bertz CT molecular complexity index is 443. The molecule has 0 aliphatic carbocycles. The molecule has 0 unspecified atom stereocenters. The van der Waals surface area contributed by atoms with Crippen LogP contribution < -0.4 is 5.73 Å². The lowest BCUT2D eigenvalue weighted by Crippen LogP contribution is -2.25. The number of esters is 1. The van der Waals surface area contributed by atoms with Gasteiger partial charge in [0, 0.05) is 31.0 Å². The third-order valence-electron chi connectivity index (χ3n) is 2.10. The minimum Gasteiger partial charge on any atom is -0.459 e. The summed E-state index contributed by atoms with van der Waals surface area (Å²) >= 11 is 0. The average Bonchev–Trinajstić information content (AvgIpc) is 2.29. The van der Waals surface area contributed by atoms with E-state index in [0.29, 0.717) is 17.7 Å². The van der Waals surface area contributed by atoms with E-state index in [-0.39, 0.29) is 18.3 Å². The summed E-state index contributed by atoms with van der Waals surface area (Å²) in [5, 5.41) is 7.46. The average molecular weight is 280 g/mol. The third kappa shape index (κ3) is 9.02. The van der Waals surface area contributed by atoms with Crippen LogP contribution in [0.5, 0.6) is 0 Å². The highest BCUT2D eigenvalue weighted by atomic mass is 16.6. The maximum absolute atomic E-state index is 11.5. The van der Waals surface area contributed by atoms with Crippen molar-refractivity contribution in [2.75, 3.05) is 13.6 Å². The van der Waals surface area contributed by atoms with Gasteiger partial charge in [0.25, 0.3) is 0 Å². The number of nitrogens with zero attached hydrogens (tertiary/aromatic N) is 2. The lowest BCUT2D eigenvalue weighted by Gasteiger charge is -2.18. The normalized spacial score (nSPS) is 13.7. The Kier molecular flexibility index (Phi) is 7.43. The summed E-state index contributed by atoms with van der Waals surface area (Å²) in [6, 6.07) is 0. The topological polar surface area (TPSA) is 101 Å². The molecule has 0 aliphatic heterocycles. The predicted octanol–water partition coefficient (Wildman–Crippen LogP) is 1.74. The van der Waals surface area contributed by atoms with Crippen molar-refractivity contribution in [3.8, 4) is 0 Å². The molecule has 6 nitrogen and oxygen atoms in total. The maximum Gasteiger partial charge on any atom is 0.328 e. The predicted molar refractivity (Wildman–Crippen MR) is 82.9 cm³/mol. The Labute approximate surface area is 120 Å². The van der Waals surface area contributed by atoms with Gasteiger partial charge in [0.15, 0.2) is 0 Å². The summed E-state index contributed by atoms with van der Waals surface area (Å²) in [4.78, 5) is 19.5. The van der Waals surface area contributed by atoms with Gasteiger partial charge in [-0.25, -0.2) is 0 Å². The van der Waals surface area contributed by atoms with Gasteiger partial charge >= 0.3 is 5.97 Å². The lowest BCUT2D eigenvalue weighted by molar-refractivity contribution is -0.152. The first-order chi connectivity index (χ1) is 9.15. The van der Waals surface area contributed by atoms with E-state index in [1.165, 1.54) is 0 Å². The van der Waals surface area contributed by atoms with Crippen LogP contribution in [0.25, 0.3) is 0 Å². The van der Waals surface area contributed by atoms with Crippen molar-refractivity contribution >= 4 is 23.7 Å². The summed E-state index contributed by atoms with van der Waals surface area (Å²) in [7, 11) is 1.65. The summed E-state index contributed by atoms with van der Waals surface area (Å²) in [6.45, 7) is 7.11. The minimum absolute atomic E-state index is 0.0308. The molecule has 0 bridgehead atoms. The Morgan fingerprint density at radius 2 is 2.00 bits per heavy atom. The quantitative estimate of drug-likeness (QED) is 0.440. The molecule has 0 aliphatic rings. The highest BCUT2D eigenvalue weighted by molar-refractivity contribution is 6.05. The fourth-order valence-corrected chi connectivity index (χ4v) is 1.30. The highest BCUT2D eigenvalue weighted by Gasteiger charge is 2.15. The van der Waals surface area contributed by atoms with E-state index in [1.807, 2.05) is 0 Å². The number of nitrogens with two attached hydrogens (primary N) is 1. The molecule has 0 atom stereocenters. The molecule has 20 heavy (non-hydrogen) atoms. The van der Waals surface area contributed by atoms with Gasteiger partial charge in [-0.2, -0.15) is 0 Å². The number of amidine groups is 1. The largest absolute Gasteiger partial charge is 0.459 e. The minimum atomic E-state index is -0.515. The number of nitrogens with one attached hydrogen (secondary N) is 1. The van der Waals surface area contributed by atoms with Crippen LogP contribution >= 0.6 is 0 Å².